The third-order valence-electron chi connectivity index (χ3n) is 3.23. The molecular weight excluding hydrogens is 250 g/mol. The Morgan fingerprint density at radius 2 is 1.45 bits per heavy atom. The monoisotopic (exact) mass is 269 g/mol. The second-order valence-electron chi connectivity index (χ2n) is 4.67. The van der Waals surface area contributed by atoms with E-state index in [4.69, 9.17) is 4.74 Å². The van der Waals surface area contributed by atoms with Gasteiger partial charge in [0.25, 0.3) is 5.91 Å². The minimum absolute atomic E-state index is 0.0509. The highest BCUT2D eigenvalue weighted by Crippen LogP contribution is 2.19. The lowest BCUT2D eigenvalue weighted by molar-refractivity contribution is -0.132. The predicted octanol–water partition coefficient (Wildman–Crippen LogP) is 3.25. The molecule has 2 aromatic rings. The standard InChI is InChI=1S/C17H19NO2/c1-13(14-9-5-3-6-10-14)18-17(19)16(20-2)15-11-7-4-8-12-15/h3-13,16H,1-2H3,(H,18,19). The van der Waals surface area contributed by atoms with Crippen LogP contribution >= 0.6 is 0 Å². The van der Waals surface area contributed by atoms with Crippen LogP contribution in [-0.4, -0.2) is 13.0 Å². The molecule has 2 atom stereocenters. The first kappa shape index (κ1) is 14.3. The molecule has 2 rings (SSSR count). The summed E-state index contributed by atoms with van der Waals surface area (Å²) in [5.74, 6) is -0.130. The first-order chi connectivity index (χ1) is 9.72. The summed E-state index contributed by atoms with van der Waals surface area (Å²) >= 11 is 0. The van der Waals surface area contributed by atoms with Crippen molar-refractivity contribution >= 4 is 5.91 Å². The fraction of sp³-hybridized carbons (Fsp3) is 0.235. The molecule has 20 heavy (non-hydrogen) atoms. The van der Waals surface area contributed by atoms with Crippen molar-refractivity contribution in [1.29, 1.82) is 0 Å². The molecule has 0 radical (unpaired) electrons. The predicted molar refractivity (Wildman–Crippen MR) is 79.2 cm³/mol. The van der Waals surface area contributed by atoms with Gasteiger partial charge in [0.05, 0.1) is 6.04 Å². The number of hydrogen-bond acceptors (Lipinski definition) is 2. The highest BCUT2D eigenvalue weighted by atomic mass is 16.5. The van der Waals surface area contributed by atoms with E-state index in [1.165, 1.54) is 0 Å². The van der Waals surface area contributed by atoms with E-state index in [-0.39, 0.29) is 11.9 Å². The first-order valence-corrected chi connectivity index (χ1v) is 6.65. The maximum absolute atomic E-state index is 12.3. The van der Waals surface area contributed by atoms with Crippen LogP contribution in [-0.2, 0) is 9.53 Å². The largest absolute Gasteiger partial charge is 0.367 e. The normalized spacial score (nSPS) is 13.5. The average Bonchev–Trinajstić information content (AvgIpc) is 2.50. The summed E-state index contributed by atoms with van der Waals surface area (Å²) in [7, 11) is 1.55. The average molecular weight is 269 g/mol. The van der Waals surface area contributed by atoms with E-state index in [0.29, 0.717) is 0 Å². The second kappa shape index (κ2) is 6.87. The zero-order valence-electron chi connectivity index (χ0n) is 11.7. The van der Waals surface area contributed by atoms with Crippen molar-refractivity contribution in [3.8, 4) is 0 Å². The van der Waals surface area contributed by atoms with Crippen LogP contribution in [0.3, 0.4) is 0 Å². The Hall–Kier alpha value is -2.13. The molecule has 0 saturated carbocycles. The number of carbonyl (C=O) groups is 1. The Bertz CT molecular complexity index is 539. The first-order valence-electron chi connectivity index (χ1n) is 6.65. The number of nitrogens with one attached hydrogen (secondary N) is 1. The van der Waals surface area contributed by atoms with E-state index in [9.17, 15) is 4.79 Å². The molecule has 3 heteroatoms. The molecular formula is C17H19NO2. The molecule has 0 spiro atoms. The smallest absolute Gasteiger partial charge is 0.254 e. The van der Waals surface area contributed by atoms with Gasteiger partial charge in [-0.3, -0.25) is 4.79 Å². The van der Waals surface area contributed by atoms with Gasteiger partial charge in [0, 0.05) is 7.11 Å². The van der Waals surface area contributed by atoms with E-state index >= 15 is 0 Å². The summed E-state index contributed by atoms with van der Waals surface area (Å²) in [6.45, 7) is 1.96. The van der Waals surface area contributed by atoms with Gasteiger partial charge in [-0.1, -0.05) is 60.7 Å². The van der Waals surface area contributed by atoms with Gasteiger partial charge < -0.3 is 10.1 Å². The molecule has 0 heterocycles. The van der Waals surface area contributed by atoms with Gasteiger partial charge in [-0.2, -0.15) is 0 Å². The molecule has 0 aliphatic carbocycles. The van der Waals surface area contributed by atoms with Gasteiger partial charge in [0.1, 0.15) is 0 Å². The molecule has 1 N–H and O–H groups in total. The Balaban J connectivity index is 2.07. The summed E-state index contributed by atoms with van der Waals surface area (Å²) < 4.78 is 5.32. The Morgan fingerprint density at radius 1 is 0.950 bits per heavy atom. The number of benzene rings is 2. The van der Waals surface area contributed by atoms with Crippen molar-refractivity contribution in [2.75, 3.05) is 7.11 Å². The number of amides is 1. The fourth-order valence-corrected chi connectivity index (χ4v) is 2.14. The van der Waals surface area contributed by atoms with Crippen molar-refractivity contribution < 1.29 is 9.53 Å². The maximum Gasteiger partial charge on any atom is 0.254 e. The van der Waals surface area contributed by atoms with Crippen LogP contribution < -0.4 is 5.32 Å². The van der Waals surface area contributed by atoms with Crippen LogP contribution in [0.1, 0.15) is 30.2 Å². The maximum atomic E-state index is 12.3. The Morgan fingerprint density at radius 3 is 1.95 bits per heavy atom. The van der Waals surface area contributed by atoms with Crippen LogP contribution in [0.5, 0.6) is 0 Å². The highest BCUT2D eigenvalue weighted by molar-refractivity contribution is 5.82. The van der Waals surface area contributed by atoms with Crippen molar-refractivity contribution in [3.63, 3.8) is 0 Å². The van der Waals surface area contributed by atoms with Gasteiger partial charge in [0.15, 0.2) is 6.10 Å². The summed E-state index contributed by atoms with van der Waals surface area (Å²) in [4.78, 5) is 12.3. The van der Waals surface area contributed by atoms with Crippen LogP contribution in [0.4, 0.5) is 0 Å². The summed E-state index contributed by atoms with van der Waals surface area (Å²) in [5, 5.41) is 2.98. The van der Waals surface area contributed by atoms with Gasteiger partial charge in [-0.25, -0.2) is 0 Å². The molecule has 104 valence electrons. The van der Waals surface area contributed by atoms with Crippen molar-refractivity contribution in [3.05, 3.63) is 71.8 Å². The minimum Gasteiger partial charge on any atom is -0.367 e. The molecule has 2 unspecified atom stereocenters. The van der Waals surface area contributed by atoms with Gasteiger partial charge in [0.2, 0.25) is 0 Å². The topological polar surface area (TPSA) is 38.3 Å². The Labute approximate surface area is 119 Å². The fourth-order valence-electron chi connectivity index (χ4n) is 2.14. The van der Waals surface area contributed by atoms with Crippen LogP contribution in [0.15, 0.2) is 60.7 Å². The molecule has 0 aromatic heterocycles. The van der Waals surface area contributed by atoms with E-state index in [2.05, 4.69) is 5.32 Å². The SMILES string of the molecule is COC(C(=O)NC(C)c1ccccc1)c1ccccc1. The lowest BCUT2D eigenvalue weighted by Gasteiger charge is -2.19. The minimum atomic E-state index is -0.581. The van der Waals surface area contributed by atoms with Crippen molar-refractivity contribution in [2.45, 2.75) is 19.1 Å². The van der Waals surface area contributed by atoms with Crippen LogP contribution in [0.2, 0.25) is 0 Å². The Kier molecular flexibility index (Phi) is 4.91. The van der Waals surface area contributed by atoms with Crippen molar-refractivity contribution in [1.82, 2.24) is 5.32 Å². The second-order valence-corrected chi connectivity index (χ2v) is 4.67. The number of ether oxygens (including phenoxy) is 1. The van der Waals surface area contributed by atoms with E-state index in [0.717, 1.165) is 11.1 Å². The van der Waals surface area contributed by atoms with Gasteiger partial charge in [-0.15, -0.1) is 0 Å². The third-order valence-corrected chi connectivity index (χ3v) is 3.23. The van der Waals surface area contributed by atoms with E-state index in [1.807, 2.05) is 67.6 Å². The van der Waals surface area contributed by atoms with Crippen molar-refractivity contribution in [2.24, 2.45) is 0 Å². The summed E-state index contributed by atoms with van der Waals surface area (Å²) in [5.41, 5.74) is 1.93. The van der Waals surface area contributed by atoms with Gasteiger partial charge >= 0.3 is 0 Å². The zero-order chi connectivity index (χ0) is 14.4. The molecule has 1 amide bonds. The molecule has 3 nitrogen and oxygen atoms in total. The lowest BCUT2D eigenvalue weighted by atomic mass is 10.1. The van der Waals surface area contributed by atoms with Gasteiger partial charge in [-0.05, 0) is 18.1 Å². The van der Waals surface area contributed by atoms with Crippen LogP contribution in [0, 0.1) is 0 Å². The summed E-state index contributed by atoms with van der Waals surface area (Å²) in [6, 6.07) is 19.3. The molecule has 0 aliphatic heterocycles. The molecule has 0 fully saturated rings. The molecule has 0 aliphatic rings. The highest BCUT2D eigenvalue weighted by Gasteiger charge is 2.21. The number of methoxy groups -OCH3 is 1. The molecule has 0 bridgehead atoms. The molecule has 0 saturated heterocycles. The number of hydrogen-bond donors (Lipinski definition) is 1. The van der Waals surface area contributed by atoms with Crippen LogP contribution in [0.25, 0.3) is 0 Å². The number of carbonyl (C=O) groups excluding carboxylic acids is 1. The molecule has 2 aromatic carbocycles. The quantitative estimate of drug-likeness (QED) is 0.904. The third kappa shape index (κ3) is 3.45. The lowest BCUT2D eigenvalue weighted by Crippen LogP contribution is -2.32. The van der Waals surface area contributed by atoms with E-state index < -0.39 is 6.10 Å². The zero-order valence-corrected chi connectivity index (χ0v) is 11.7. The number of rotatable bonds is 5. The summed E-state index contributed by atoms with van der Waals surface area (Å²) in [6.07, 6.45) is -0.581. The van der Waals surface area contributed by atoms with E-state index in [1.54, 1.807) is 7.11 Å².